The number of para-hydroxylation sites is 1. The molecule has 3 rings (SSSR count). The summed E-state index contributed by atoms with van der Waals surface area (Å²) in [5.41, 5.74) is 1.30. The lowest BCUT2D eigenvalue weighted by Gasteiger charge is -2.23. The molecule has 0 bridgehead atoms. The summed E-state index contributed by atoms with van der Waals surface area (Å²) in [7, 11) is 0. The van der Waals surface area contributed by atoms with Gasteiger partial charge in [-0.1, -0.05) is 30.9 Å². The van der Waals surface area contributed by atoms with Gasteiger partial charge in [-0.15, -0.1) is 0 Å². The molecule has 118 valence electrons. The number of carbonyl (C=O) groups excluding carboxylic acids is 1. The van der Waals surface area contributed by atoms with Crippen LogP contribution in [-0.4, -0.2) is 25.6 Å². The Labute approximate surface area is 131 Å². The number of carbonyl (C=O) groups is 1. The van der Waals surface area contributed by atoms with Gasteiger partial charge < -0.3 is 15.4 Å². The van der Waals surface area contributed by atoms with Gasteiger partial charge in [0, 0.05) is 18.0 Å². The molecule has 1 saturated carbocycles. The fourth-order valence-corrected chi connectivity index (χ4v) is 3.44. The van der Waals surface area contributed by atoms with Crippen molar-refractivity contribution in [3.05, 3.63) is 42.5 Å². The van der Waals surface area contributed by atoms with Gasteiger partial charge in [-0.25, -0.2) is 0 Å². The lowest BCUT2D eigenvalue weighted by molar-refractivity contribution is -0.123. The van der Waals surface area contributed by atoms with Crippen LogP contribution in [-0.2, 0) is 11.3 Å². The highest BCUT2D eigenvalue weighted by molar-refractivity contribution is 5.82. The van der Waals surface area contributed by atoms with Gasteiger partial charge in [-0.2, -0.15) is 0 Å². The van der Waals surface area contributed by atoms with Crippen molar-refractivity contribution in [2.75, 3.05) is 19.7 Å². The summed E-state index contributed by atoms with van der Waals surface area (Å²) < 4.78 is 5.63. The molecular weight excluding hydrogens is 276 g/mol. The van der Waals surface area contributed by atoms with E-state index in [-0.39, 0.29) is 17.2 Å². The number of hydrogen-bond donors (Lipinski definition) is 2. The third-order valence-corrected chi connectivity index (χ3v) is 4.89. The molecule has 1 saturated heterocycles. The Morgan fingerprint density at radius 3 is 2.95 bits per heavy atom. The molecule has 1 aromatic carbocycles. The maximum atomic E-state index is 12.4. The molecule has 1 heterocycles. The summed E-state index contributed by atoms with van der Waals surface area (Å²) in [6.07, 6.45) is 5.03. The predicted molar refractivity (Wildman–Crippen MR) is 86.6 cm³/mol. The van der Waals surface area contributed by atoms with E-state index in [1.807, 2.05) is 24.3 Å². The highest BCUT2D eigenvalue weighted by atomic mass is 16.5. The Balaban J connectivity index is 1.54. The largest absolute Gasteiger partial charge is 0.489 e. The summed E-state index contributed by atoms with van der Waals surface area (Å²) in [6.45, 7) is 6.75. The van der Waals surface area contributed by atoms with E-state index in [9.17, 15) is 4.79 Å². The van der Waals surface area contributed by atoms with Crippen LogP contribution in [0.3, 0.4) is 0 Å². The Bertz CT molecular complexity index is 550. The van der Waals surface area contributed by atoms with E-state index in [4.69, 9.17) is 4.74 Å². The molecule has 2 N–H and O–H groups in total. The van der Waals surface area contributed by atoms with E-state index in [2.05, 4.69) is 17.2 Å². The molecule has 1 aliphatic heterocycles. The smallest absolute Gasteiger partial charge is 0.223 e. The number of rotatable bonds is 6. The van der Waals surface area contributed by atoms with E-state index in [0.29, 0.717) is 13.2 Å². The second-order valence-electron chi connectivity index (χ2n) is 6.29. The molecule has 1 unspecified atom stereocenters. The number of benzene rings is 1. The van der Waals surface area contributed by atoms with Gasteiger partial charge in [0.25, 0.3) is 0 Å². The third-order valence-electron chi connectivity index (χ3n) is 4.89. The molecule has 0 aromatic heterocycles. The van der Waals surface area contributed by atoms with Crippen LogP contribution < -0.4 is 15.4 Å². The first-order valence-corrected chi connectivity index (χ1v) is 8.05. The van der Waals surface area contributed by atoms with Gasteiger partial charge in [0.1, 0.15) is 12.4 Å². The maximum absolute atomic E-state index is 12.4. The molecule has 0 radical (unpaired) electrons. The quantitative estimate of drug-likeness (QED) is 0.792. The Morgan fingerprint density at radius 1 is 1.41 bits per heavy atom. The van der Waals surface area contributed by atoms with Crippen molar-refractivity contribution in [3.8, 4) is 5.75 Å². The van der Waals surface area contributed by atoms with Gasteiger partial charge >= 0.3 is 0 Å². The van der Waals surface area contributed by atoms with Gasteiger partial charge in [-0.05, 0) is 43.8 Å². The van der Waals surface area contributed by atoms with Crippen LogP contribution in [0, 0.1) is 11.3 Å². The third kappa shape index (κ3) is 3.17. The van der Waals surface area contributed by atoms with Crippen molar-refractivity contribution in [1.82, 2.24) is 10.6 Å². The molecule has 1 aliphatic carbocycles. The molecule has 1 amide bonds. The first kappa shape index (κ1) is 15.1. The lowest BCUT2D eigenvalue weighted by atomic mass is 9.92. The first-order chi connectivity index (χ1) is 10.7. The summed E-state index contributed by atoms with van der Waals surface area (Å²) in [4.78, 5) is 12.4. The Kier molecular flexibility index (Phi) is 4.48. The average Bonchev–Trinajstić information content (AvgIpc) is 3.25. The zero-order chi connectivity index (χ0) is 15.4. The predicted octanol–water partition coefficient (Wildman–Crippen LogP) is 2.26. The highest BCUT2D eigenvalue weighted by Crippen LogP contribution is 2.58. The molecule has 22 heavy (non-hydrogen) atoms. The van der Waals surface area contributed by atoms with Crippen LogP contribution in [0.25, 0.3) is 0 Å². The number of hydrogen-bond acceptors (Lipinski definition) is 3. The van der Waals surface area contributed by atoms with Crippen LogP contribution in [0.4, 0.5) is 0 Å². The van der Waals surface area contributed by atoms with Crippen molar-refractivity contribution in [2.45, 2.75) is 25.8 Å². The van der Waals surface area contributed by atoms with E-state index in [1.54, 1.807) is 6.08 Å². The van der Waals surface area contributed by atoms with Crippen molar-refractivity contribution < 1.29 is 9.53 Å². The van der Waals surface area contributed by atoms with E-state index < -0.39 is 0 Å². The van der Waals surface area contributed by atoms with Crippen LogP contribution in [0.2, 0.25) is 0 Å². The standard InChI is InChI=1S/C18H24N2O2/c1-2-11-22-16-6-4-3-5-14(16)13-20-17(21)15-12-18(15)7-9-19-10-8-18/h2-6,15,19H,1,7-13H2,(H,20,21). The van der Waals surface area contributed by atoms with Crippen molar-refractivity contribution >= 4 is 5.91 Å². The van der Waals surface area contributed by atoms with Crippen LogP contribution in [0.5, 0.6) is 5.75 Å². The van der Waals surface area contributed by atoms with E-state index in [1.165, 1.54) is 0 Å². The summed E-state index contributed by atoms with van der Waals surface area (Å²) in [5, 5.41) is 6.45. The van der Waals surface area contributed by atoms with Crippen molar-refractivity contribution in [1.29, 1.82) is 0 Å². The molecule has 2 aliphatic rings. The van der Waals surface area contributed by atoms with Gasteiger partial charge in [0.2, 0.25) is 5.91 Å². The normalized spacial score (nSPS) is 22.1. The maximum Gasteiger partial charge on any atom is 0.223 e. The number of ether oxygens (including phenoxy) is 1. The van der Waals surface area contributed by atoms with E-state index in [0.717, 1.165) is 43.7 Å². The summed E-state index contributed by atoms with van der Waals surface area (Å²) in [6, 6.07) is 7.82. The molecule has 4 heteroatoms. The average molecular weight is 300 g/mol. The zero-order valence-corrected chi connectivity index (χ0v) is 12.9. The first-order valence-electron chi connectivity index (χ1n) is 8.05. The topological polar surface area (TPSA) is 50.4 Å². The summed E-state index contributed by atoms with van der Waals surface area (Å²) >= 11 is 0. The number of piperidine rings is 1. The molecular formula is C18H24N2O2. The Morgan fingerprint density at radius 2 is 2.18 bits per heavy atom. The summed E-state index contributed by atoms with van der Waals surface area (Å²) in [5.74, 6) is 1.21. The molecule has 2 fully saturated rings. The minimum absolute atomic E-state index is 0.195. The van der Waals surface area contributed by atoms with Crippen LogP contribution in [0.1, 0.15) is 24.8 Å². The van der Waals surface area contributed by atoms with Gasteiger partial charge in [0.15, 0.2) is 0 Å². The van der Waals surface area contributed by atoms with Gasteiger partial charge in [0.05, 0.1) is 0 Å². The van der Waals surface area contributed by atoms with Crippen molar-refractivity contribution in [3.63, 3.8) is 0 Å². The second kappa shape index (κ2) is 6.53. The van der Waals surface area contributed by atoms with Crippen molar-refractivity contribution in [2.24, 2.45) is 11.3 Å². The van der Waals surface area contributed by atoms with Crippen LogP contribution in [0.15, 0.2) is 36.9 Å². The lowest BCUT2D eigenvalue weighted by Crippen LogP contribution is -2.33. The minimum Gasteiger partial charge on any atom is -0.489 e. The molecule has 1 aromatic rings. The molecule has 1 spiro atoms. The van der Waals surface area contributed by atoms with Gasteiger partial charge in [-0.3, -0.25) is 4.79 Å². The second-order valence-corrected chi connectivity index (χ2v) is 6.29. The fraction of sp³-hybridized carbons (Fsp3) is 0.500. The van der Waals surface area contributed by atoms with E-state index >= 15 is 0 Å². The fourth-order valence-electron chi connectivity index (χ4n) is 3.44. The monoisotopic (exact) mass is 300 g/mol. The SMILES string of the molecule is C=CCOc1ccccc1CNC(=O)C1CC12CCNCC2. The number of amides is 1. The zero-order valence-electron chi connectivity index (χ0n) is 12.9. The Hall–Kier alpha value is -1.81. The molecule has 4 nitrogen and oxygen atoms in total. The highest BCUT2D eigenvalue weighted by Gasteiger charge is 2.57. The van der Waals surface area contributed by atoms with Crippen LogP contribution >= 0.6 is 0 Å². The molecule has 1 atom stereocenters. The minimum atomic E-state index is 0.195. The number of nitrogens with one attached hydrogen (secondary N) is 2.